The molecule has 0 bridgehead atoms. The molecule has 0 aromatic heterocycles. The molecule has 0 saturated heterocycles. The average molecular weight is 365 g/mol. The number of hydrogen-bond donors (Lipinski definition) is 2. The highest BCUT2D eigenvalue weighted by atomic mass is 16.4. The summed E-state index contributed by atoms with van der Waals surface area (Å²) in [6.45, 7) is 6.56. The molecule has 0 unspecified atom stereocenters. The molecule has 0 heterocycles. The highest BCUT2D eigenvalue weighted by Gasteiger charge is 2.60. The van der Waals surface area contributed by atoms with Gasteiger partial charge < -0.3 is 10.2 Å². The van der Waals surface area contributed by atoms with Gasteiger partial charge in [-0.05, 0) is 67.6 Å². The number of aliphatic carboxylic acids is 1. The monoisotopic (exact) mass is 364 g/mol. The van der Waals surface area contributed by atoms with Gasteiger partial charge in [0.05, 0.1) is 6.10 Å². The Hall–Kier alpha value is -0.900. The van der Waals surface area contributed by atoms with Gasteiger partial charge in [0.2, 0.25) is 0 Å². The zero-order valence-electron chi connectivity index (χ0n) is 16.7. The predicted molar refractivity (Wildman–Crippen MR) is 101 cm³/mol. The Morgan fingerprint density at radius 3 is 2.62 bits per heavy atom. The van der Waals surface area contributed by atoms with E-state index in [-0.39, 0.29) is 29.3 Å². The summed E-state index contributed by atoms with van der Waals surface area (Å²) in [5.74, 6) is 1.04. The topological polar surface area (TPSA) is 74.6 Å². The second kappa shape index (κ2) is 7.26. The SMILES string of the molecule is CCCC[C@H]1[C@@H](O)C[C@@H]2[C@H](CC[C@]3(C)C(=O)CC[C@@H]23)[C@@]1(C)CCC(=O)O. The zero-order valence-corrected chi connectivity index (χ0v) is 16.7. The minimum absolute atomic E-state index is 0.136. The summed E-state index contributed by atoms with van der Waals surface area (Å²) in [4.78, 5) is 23.8. The number of carboxylic acid groups (broad SMARTS) is 1. The van der Waals surface area contributed by atoms with E-state index in [1.54, 1.807) is 0 Å². The lowest BCUT2D eigenvalue weighted by atomic mass is 9.46. The third-order valence-corrected chi connectivity index (χ3v) is 8.56. The van der Waals surface area contributed by atoms with Crippen LogP contribution in [-0.2, 0) is 9.59 Å². The van der Waals surface area contributed by atoms with Gasteiger partial charge in [0.1, 0.15) is 5.78 Å². The first-order valence-electron chi connectivity index (χ1n) is 10.7. The molecule has 3 saturated carbocycles. The van der Waals surface area contributed by atoms with Crippen LogP contribution in [0.4, 0.5) is 0 Å². The fourth-order valence-corrected chi connectivity index (χ4v) is 7.06. The highest BCUT2D eigenvalue weighted by molar-refractivity contribution is 5.87. The summed E-state index contributed by atoms with van der Waals surface area (Å²) in [6, 6.07) is 0. The van der Waals surface area contributed by atoms with Crippen molar-refractivity contribution in [2.75, 3.05) is 0 Å². The normalized spacial score (nSPS) is 45.2. The van der Waals surface area contributed by atoms with Gasteiger partial charge >= 0.3 is 5.97 Å². The third-order valence-electron chi connectivity index (χ3n) is 8.56. The number of rotatable bonds is 6. The molecular formula is C22H36O4. The van der Waals surface area contributed by atoms with Crippen molar-refractivity contribution in [3.8, 4) is 0 Å². The van der Waals surface area contributed by atoms with Gasteiger partial charge in [0, 0.05) is 18.3 Å². The summed E-state index contributed by atoms with van der Waals surface area (Å²) in [5.41, 5.74) is -0.340. The Balaban J connectivity index is 1.91. The van der Waals surface area contributed by atoms with Crippen LogP contribution in [0.25, 0.3) is 0 Å². The first-order valence-corrected chi connectivity index (χ1v) is 10.7. The zero-order chi connectivity index (χ0) is 19.1. The molecule has 148 valence electrons. The van der Waals surface area contributed by atoms with Crippen LogP contribution in [0.5, 0.6) is 0 Å². The van der Waals surface area contributed by atoms with E-state index in [0.29, 0.717) is 36.4 Å². The minimum atomic E-state index is -0.742. The molecule has 3 aliphatic carbocycles. The quantitative estimate of drug-likeness (QED) is 0.730. The van der Waals surface area contributed by atoms with Crippen molar-refractivity contribution < 1.29 is 19.8 Å². The van der Waals surface area contributed by atoms with Gasteiger partial charge in [-0.15, -0.1) is 0 Å². The van der Waals surface area contributed by atoms with Crippen molar-refractivity contribution in [2.45, 2.75) is 91.1 Å². The largest absolute Gasteiger partial charge is 0.481 e. The molecule has 2 N–H and O–H groups in total. The molecule has 7 atom stereocenters. The molecule has 3 rings (SSSR count). The lowest BCUT2D eigenvalue weighted by molar-refractivity contribution is -0.157. The van der Waals surface area contributed by atoms with Crippen molar-refractivity contribution in [3.63, 3.8) is 0 Å². The van der Waals surface area contributed by atoms with Gasteiger partial charge in [-0.3, -0.25) is 9.59 Å². The summed E-state index contributed by atoms with van der Waals surface area (Å²) in [6.07, 6.45) is 8.02. The standard InChI is InChI=1S/C22H36O4/c1-4-5-6-17-18(23)13-14-15-7-8-19(24)22(15,3)11-9-16(14)21(17,2)12-10-20(25)26/h14-18,23H,4-13H2,1-3H3,(H,25,26)/t14-,15-,16-,17-,18-,21+,22-/m0/s1. The van der Waals surface area contributed by atoms with Crippen LogP contribution >= 0.6 is 0 Å². The molecule has 0 aromatic carbocycles. The maximum Gasteiger partial charge on any atom is 0.303 e. The number of Topliss-reactive ketones (excluding diaryl/α,β-unsaturated/α-hetero) is 1. The number of aliphatic hydroxyl groups is 1. The van der Waals surface area contributed by atoms with E-state index in [2.05, 4.69) is 20.8 Å². The van der Waals surface area contributed by atoms with Crippen LogP contribution in [-0.4, -0.2) is 28.1 Å². The van der Waals surface area contributed by atoms with E-state index in [0.717, 1.165) is 44.9 Å². The van der Waals surface area contributed by atoms with Crippen molar-refractivity contribution in [3.05, 3.63) is 0 Å². The maximum absolute atomic E-state index is 12.5. The number of carbonyl (C=O) groups excluding carboxylic acids is 1. The van der Waals surface area contributed by atoms with Crippen LogP contribution in [0.3, 0.4) is 0 Å². The molecule has 4 heteroatoms. The Morgan fingerprint density at radius 1 is 1.23 bits per heavy atom. The van der Waals surface area contributed by atoms with Crippen molar-refractivity contribution >= 4 is 11.8 Å². The van der Waals surface area contributed by atoms with E-state index in [9.17, 15) is 19.8 Å². The van der Waals surface area contributed by atoms with Crippen LogP contribution < -0.4 is 0 Å². The second-order valence-electron chi connectivity index (χ2n) is 9.75. The molecule has 0 radical (unpaired) electrons. The van der Waals surface area contributed by atoms with Gasteiger partial charge in [-0.25, -0.2) is 0 Å². The van der Waals surface area contributed by atoms with Crippen LogP contribution in [0, 0.1) is 34.5 Å². The predicted octanol–water partition coefficient (Wildman–Crippen LogP) is 4.44. The fourth-order valence-electron chi connectivity index (χ4n) is 7.06. The number of unbranched alkanes of at least 4 members (excludes halogenated alkanes) is 1. The Morgan fingerprint density at radius 2 is 1.96 bits per heavy atom. The first-order chi connectivity index (χ1) is 12.2. The van der Waals surface area contributed by atoms with Gasteiger partial charge in [0.15, 0.2) is 0 Å². The third kappa shape index (κ3) is 3.12. The summed E-state index contributed by atoms with van der Waals surface area (Å²) < 4.78 is 0. The first kappa shape index (κ1) is 19.9. The molecule has 0 amide bonds. The molecular weight excluding hydrogens is 328 g/mol. The van der Waals surface area contributed by atoms with Gasteiger partial charge in [-0.1, -0.05) is 33.6 Å². The second-order valence-corrected chi connectivity index (χ2v) is 9.75. The molecule has 0 spiro atoms. The number of carboxylic acids is 1. The highest BCUT2D eigenvalue weighted by Crippen LogP contribution is 2.64. The minimum Gasteiger partial charge on any atom is -0.481 e. The van der Waals surface area contributed by atoms with E-state index in [4.69, 9.17) is 0 Å². The van der Waals surface area contributed by atoms with Gasteiger partial charge in [-0.2, -0.15) is 0 Å². The lowest BCUT2D eigenvalue weighted by Crippen LogP contribution is -2.56. The average Bonchev–Trinajstić information content (AvgIpc) is 2.88. The van der Waals surface area contributed by atoms with E-state index >= 15 is 0 Å². The summed E-state index contributed by atoms with van der Waals surface area (Å²) in [5, 5.41) is 20.4. The lowest BCUT2D eigenvalue weighted by Gasteiger charge is -2.59. The molecule has 0 aromatic rings. The van der Waals surface area contributed by atoms with E-state index < -0.39 is 5.97 Å². The van der Waals surface area contributed by atoms with E-state index in [1.165, 1.54) is 0 Å². The molecule has 3 aliphatic rings. The van der Waals surface area contributed by atoms with Crippen LogP contribution in [0.15, 0.2) is 0 Å². The Bertz CT molecular complexity index is 558. The summed E-state index contributed by atoms with van der Waals surface area (Å²) >= 11 is 0. The summed E-state index contributed by atoms with van der Waals surface area (Å²) in [7, 11) is 0. The smallest absolute Gasteiger partial charge is 0.303 e. The maximum atomic E-state index is 12.5. The number of fused-ring (bicyclic) bond motifs is 3. The Kier molecular flexibility index (Phi) is 5.54. The Labute approximate surface area is 157 Å². The molecule has 26 heavy (non-hydrogen) atoms. The molecule has 4 nitrogen and oxygen atoms in total. The van der Waals surface area contributed by atoms with Crippen LogP contribution in [0.2, 0.25) is 0 Å². The van der Waals surface area contributed by atoms with Gasteiger partial charge in [0.25, 0.3) is 0 Å². The molecule has 0 aliphatic heterocycles. The van der Waals surface area contributed by atoms with E-state index in [1.807, 2.05) is 0 Å². The number of ketones is 1. The fraction of sp³-hybridized carbons (Fsp3) is 0.909. The molecule has 3 fully saturated rings. The van der Waals surface area contributed by atoms with Crippen molar-refractivity contribution in [2.24, 2.45) is 34.5 Å². The van der Waals surface area contributed by atoms with Crippen LogP contribution in [0.1, 0.15) is 85.0 Å². The number of aliphatic hydroxyl groups excluding tert-OH is 1. The number of hydrogen-bond acceptors (Lipinski definition) is 3. The number of carbonyl (C=O) groups is 2. The van der Waals surface area contributed by atoms with Crippen molar-refractivity contribution in [1.29, 1.82) is 0 Å². The van der Waals surface area contributed by atoms with Crippen molar-refractivity contribution in [1.82, 2.24) is 0 Å².